The summed E-state index contributed by atoms with van der Waals surface area (Å²) in [4.78, 5) is 27.9. The van der Waals surface area contributed by atoms with Gasteiger partial charge < -0.3 is 9.97 Å². The van der Waals surface area contributed by atoms with E-state index >= 15 is 0 Å². The van der Waals surface area contributed by atoms with Gasteiger partial charge in [0.05, 0.1) is 0 Å². The summed E-state index contributed by atoms with van der Waals surface area (Å²) in [6, 6.07) is 10.6. The first-order chi connectivity index (χ1) is 9.74. The number of pyridine rings is 2. The number of unbranched alkanes of at least 4 members (excludes halogenated alkanes) is 3. The molecule has 0 saturated heterocycles. The van der Waals surface area contributed by atoms with Gasteiger partial charge in [0, 0.05) is 23.5 Å². The lowest BCUT2D eigenvalue weighted by Crippen LogP contribution is -2.06. The summed E-state index contributed by atoms with van der Waals surface area (Å²) >= 11 is 0. The zero-order chi connectivity index (χ0) is 14.2. The quantitative estimate of drug-likeness (QED) is 0.760. The van der Waals surface area contributed by atoms with Crippen molar-refractivity contribution in [3.63, 3.8) is 0 Å². The van der Waals surface area contributed by atoms with Crippen LogP contribution in [0.1, 0.15) is 37.1 Å². The highest BCUT2D eigenvalue weighted by molar-refractivity contribution is 5.04. The number of H-pyrrole nitrogens is 2. The van der Waals surface area contributed by atoms with E-state index in [9.17, 15) is 9.59 Å². The predicted molar refractivity (Wildman–Crippen MR) is 80.0 cm³/mol. The lowest BCUT2D eigenvalue weighted by molar-refractivity contribution is 0.630. The highest BCUT2D eigenvalue weighted by Crippen LogP contribution is 2.07. The van der Waals surface area contributed by atoms with Crippen LogP contribution in [0.4, 0.5) is 0 Å². The Morgan fingerprint density at radius 3 is 1.50 bits per heavy atom. The average molecular weight is 272 g/mol. The van der Waals surface area contributed by atoms with Gasteiger partial charge in [0.15, 0.2) is 0 Å². The first-order valence-electron chi connectivity index (χ1n) is 7.10. The summed E-state index contributed by atoms with van der Waals surface area (Å²) in [7, 11) is 0. The summed E-state index contributed by atoms with van der Waals surface area (Å²) in [5.74, 6) is 0. The second kappa shape index (κ2) is 7.48. The third kappa shape index (κ3) is 4.88. The zero-order valence-corrected chi connectivity index (χ0v) is 11.5. The number of aromatic amines is 2. The summed E-state index contributed by atoms with van der Waals surface area (Å²) in [6.07, 6.45) is 6.25. The molecule has 4 nitrogen and oxygen atoms in total. The molecule has 0 spiro atoms. The molecule has 0 aromatic carbocycles. The van der Waals surface area contributed by atoms with Gasteiger partial charge in [-0.15, -0.1) is 0 Å². The Morgan fingerprint density at radius 2 is 1.10 bits per heavy atom. The molecule has 0 atom stereocenters. The fraction of sp³-hybridized carbons (Fsp3) is 0.375. The molecule has 0 radical (unpaired) electrons. The molecule has 2 N–H and O–H groups in total. The highest BCUT2D eigenvalue weighted by Gasteiger charge is 1.96. The van der Waals surface area contributed by atoms with Gasteiger partial charge in [0.1, 0.15) is 0 Å². The van der Waals surface area contributed by atoms with E-state index in [2.05, 4.69) is 9.97 Å². The Kier molecular flexibility index (Phi) is 5.35. The lowest BCUT2D eigenvalue weighted by atomic mass is 10.1. The normalized spacial score (nSPS) is 10.6. The smallest absolute Gasteiger partial charge is 0.248 e. The number of hydrogen-bond acceptors (Lipinski definition) is 2. The minimum absolute atomic E-state index is 0.0319. The summed E-state index contributed by atoms with van der Waals surface area (Å²) in [5.41, 5.74) is 1.95. The van der Waals surface area contributed by atoms with Crippen molar-refractivity contribution in [3.05, 3.63) is 68.5 Å². The number of nitrogens with one attached hydrogen (secondary N) is 2. The van der Waals surface area contributed by atoms with Crippen LogP contribution in [-0.2, 0) is 12.8 Å². The van der Waals surface area contributed by atoms with E-state index in [1.807, 2.05) is 12.1 Å². The van der Waals surface area contributed by atoms with Crippen molar-refractivity contribution >= 4 is 0 Å². The predicted octanol–water partition coefficient (Wildman–Crippen LogP) is 2.41. The Bertz CT molecular complexity index is 585. The Morgan fingerprint density at radius 1 is 0.650 bits per heavy atom. The molecule has 2 aromatic rings. The molecular weight excluding hydrogens is 252 g/mol. The molecule has 0 saturated carbocycles. The maximum atomic E-state index is 11.1. The monoisotopic (exact) mass is 272 g/mol. The van der Waals surface area contributed by atoms with E-state index in [-0.39, 0.29) is 11.1 Å². The lowest BCUT2D eigenvalue weighted by Gasteiger charge is -2.03. The number of aryl methyl sites for hydroxylation is 2. The van der Waals surface area contributed by atoms with Crippen LogP contribution in [0.15, 0.2) is 46.0 Å². The van der Waals surface area contributed by atoms with Crippen molar-refractivity contribution in [2.24, 2.45) is 0 Å². The van der Waals surface area contributed by atoms with Crippen LogP contribution in [0.3, 0.4) is 0 Å². The van der Waals surface area contributed by atoms with Gasteiger partial charge >= 0.3 is 0 Å². The Balaban J connectivity index is 1.62. The highest BCUT2D eigenvalue weighted by atomic mass is 16.1. The number of aromatic nitrogens is 2. The molecule has 0 fully saturated rings. The Hall–Kier alpha value is -2.10. The van der Waals surface area contributed by atoms with E-state index in [0.29, 0.717) is 0 Å². The molecule has 106 valence electrons. The molecular formula is C16H20N2O2. The molecule has 0 aliphatic heterocycles. The second-order valence-corrected chi connectivity index (χ2v) is 4.99. The molecule has 0 amide bonds. The second-order valence-electron chi connectivity index (χ2n) is 4.99. The topological polar surface area (TPSA) is 65.7 Å². The van der Waals surface area contributed by atoms with Gasteiger partial charge in [0.25, 0.3) is 0 Å². The molecule has 0 aliphatic rings. The molecule has 2 heterocycles. The van der Waals surface area contributed by atoms with E-state index in [1.165, 1.54) is 12.1 Å². The molecule has 20 heavy (non-hydrogen) atoms. The zero-order valence-electron chi connectivity index (χ0n) is 11.5. The van der Waals surface area contributed by atoms with E-state index in [1.54, 1.807) is 12.1 Å². The van der Waals surface area contributed by atoms with Crippen LogP contribution >= 0.6 is 0 Å². The first-order valence-corrected chi connectivity index (χ1v) is 7.10. The largest absolute Gasteiger partial charge is 0.326 e. The molecule has 4 heteroatoms. The summed E-state index contributed by atoms with van der Waals surface area (Å²) in [5, 5.41) is 0. The van der Waals surface area contributed by atoms with Crippen molar-refractivity contribution in [2.45, 2.75) is 38.5 Å². The maximum Gasteiger partial charge on any atom is 0.248 e. The van der Waals surface area contributed by atoms with Gasteiger partial charge in [0.2, 0.25) is 11.1 Å². The van der Waals surface area contributed by atoms with E-state index in [0.717, 1.165) is 49.9 Å². The standard InChI is InChI=1S/C16H20N2O2/c19-15-11-5-9-13(17-15)7-3-1-2-4-8-14-10-6-12-16(20)18-14/h5-6,9-12H,1-4,7-8H2,(H,17,19)(H,18,20). The van der Waals surface area contributed by atoms with Crippen LogP contribution in [0.5, 0.6) is 0 Å². The van der Waals surface area contributed by atoms with Crippen LogP contribution in [-0.4, -0.2) is 9.97 Å². The van der Waals surface area contributed by atoms with E-state index < -0.39 is 0 Å². The Labute approximate surface area is 117 Å². The first kappa shape index (κ1) is 14.3. The van der Waals surface area contributed by atoms with Crippen molar-refractivity contribution < 1.29 is 0 Å². The van der Waals surface area contributed by atoms with Crippen molar-refractivity contribution in [3.8, 4) is 0 Å². The number of hydrogen-bond donors (Lipinski definition) is 2. The molecule has 0 bridgehead atoms. The van der Waals surface area contributed by atoms with Gasteiger partial charge in [-0.3, -0.25) is 9.59 Å². The number of rotatable bonds is 7. The van der Waals surface area contributed by atoms with Gasteiger partial charge in [-0.05, 0) is 37.8 Å². The molecule has 0 aliphatic carbocycles. The van der Waals surface area contributed by atoms with Crippen LogP contribution in [0, 0.1) is 0 Å². The molecule has 2 aromatic heterocycles. The minimum atomic E-state index is -0.0319. The van der Waals surface area contributed by atoms with Crippen molar-refractivity contribution in [1.82, 2.24) is 9.97 Å². The van der Waals surface area contributed by atoms with Gasteiger partial charge in [-0.1, -0.05) is 25.0 Å². The fourth-order valence-corrected chi connectivity index (χ4v) is 2.26. The fourth-order valence-electron chi connectivity index (χ4n) is 2.26. The van der Waals surface area contributed by atoms with Gasteiger partial charge in [-0.25, -0.2) is 0 Å². The van der Waals surface area contributed by atoms with Crippen LogP contribution in [0.25, 0.3) is 0 Å². The maximum absolute atomic E-state index is 11.1. The minimum Gasteiger partial charge on any atom is -0.326 e. The van der Waals surface area contributed by atoms with Gasteiger partial charge in [-0.2, -0.15) is 0 Å². The molecule has 2 rings (SSSR count). The van der Waals surface area contributed by atoms with Crippen molar-refractivity contribution in [2.75, 3.05) is 0 Å². The molecule has 0 unspecified atom stereocenters. The summed E-state index contributed by atoms with van der Waals surface area (Å²) in [6.45, 7) is 0. The van der Waals surface area contributed by atoms with E-state index in [4.69, 9.17) is 0 Å². The van der Waals surface area contributed by atoms with Crippen LogP contribution < -0.4 is 11.1 Å². The summed E-state index contributed by atoms with van der Waals surface area (Å²) < 4.78 is 0. The third-order valence-electron chi connectivity index (χ3n) is 3.30. The third-order valence-corrected chi connectivity index (χ3v) is 3.30. The SMILES string of the molecule is O=c1cccc(CCCCCCc2cccc(=O)[nH]2)[nH]1. The van der Waals surface area contributed by atoms with Crippen molar-refractivity contribution in [1.29, 1.82) is 0 Å². The van der Waals surface area contributed by atoms with Crippen LogP contribution in [0.2, 0.25) is 0 Å². The average Bonchev–Trinajstić information content (AvgIpc) is 2.43.